The van der Waals surface area contributed by atoms with E-state index in [0.717, 1.165) is 0 Å². The van der Waals surface area contributed by atoms with Crippen LogP contribution in [0.3, 0.4) is 0 Å². The second-order valence-electron chi connectivity index (χ2n) is 1.92. The Morgan fingerprint density at radius 2 is 2.40 bits per heavy atom. The summed E-state index contributed by atoms with van der Waals surface area (Å²) in [6, 6.07) is -0.409. The smallest absolute Gasteiger partial charge is 0.0777 e. The Labute approximate surface area is 58.7 Å². The summed E-state index contributed by atoms with van der Waals surface area (Å²) < 4.78 is 0. The van der Waals surface area contributed by atoms with E-state index in [-0.39, 0.29) is 6.61 Å². The van der Waals surface area contributed by atoms with Crippen LogP contribution in [-0.4, -0.2) is 21.7 Å². The number of aliphatic hydroxyl groups excluding tert-OH is 1. The van der Waals surface area contributed by atoms with Crippen molar-refractivity contribution in [3.63, 3.8) is 0 Å². The van der Waals surface area contributed by atoms with Crippen LogP contribution in [0.2, 0.25) is 0 Å². The predicted octanol–water partition coefficient (Wildman–Crippen LogP) is -0.531. The summed E-state index contributed by atoms with van der Waals surface area (Å²) in [4.78, 5) is 7.70. The number of nitrogens with two attached hydrogens (primary N) is 1. The molecule has 1 rings (SSSR count). The molecule has 1 aromatic heterocycles. The Kier molecular flexibility index (Phi) is 2.30. The van der Waals surface area contributed by atoms with Crippen LogP contribution >= 0.6 is 0 Å². The van der Waals surface area contributed by atoms with Gasteiger partial charge in [-0.3, -0.25) is 9.97 Å². The molecule has 0 spiro atoms. The van der Waals surface area contributed by atoms with E-state index in [0.29, 0.717) is 5.69 Å². The average Bonchev–Trinajstić information content (AvgIpc) is 2.05. The lowest BCUT2D eigenvalue weighted by atomic mass is 10.2. The first-order chi connectivity index (χ1) is 4.84. The zero-order valence-electron chi connectivity index (χ0n) is 5.44. The number of aromatic nitrogens is 2. The van der Waals surface area contributed by atoms with Crippen LogP contribution in [0.25, 0.3) is 0 Å². The molecule has 0 aliphatic carbocycles. The largest absolute Gasteiger partial charge is 0.394 e. The molecule has 4 heteroatoms. The molecule has 0 radical (unpaired) electrons. The molecule has 0 saturated carbocycles. The van der Waals surface area contributed by atoms with Crippen molar-refractivity contribution in [2.75, 3.05) is 6.61 Å². The van der Waals surface area contributed by atoms with Gasteiger partial charge in [0.1, 0.15) is 0 Å². The van der Waals surface area contributed by atoms with E-state index < -0.39 is 6.04 Å². The van der Waals surface area contributed by atoms with Gasteiger partial charge >= 0.3 is 0 Å². The maximum atomic E-state index is 8.60. The quantitative estimate of drug-likeness (QED) is 0.577. The maximum Gasteiger partial charge on any atom is 0.0777 e. The first kappa shape index (κ1) is 7.11. The number of aliphatic hydroxyl groups is 1. The molecule has 0 aliphatic rings. The highest BCUT2D eigenvalue weighted by molar-refractivity contribution is 5.00. The highest BCUT2D eigenvalue weighted by Crippen LogP contribution is 2.01. The van der Waals surface area contributed by atoms with Gasteiger partial charge < -0.3 is 10.8 Å². The summed E-state index contributed by atoms with van der Waals surface area (Å²) in [7, 11) is 0. The zero-order chi connectivity index (χ0) is 7.40. The van der Waals surface area contributed by atoms with E-state index in [2.05, 4.69) is 9.97 Å². The first-order valence-electron chi connectivity index (χ1n) is 2.97. The minimum Gasteiger partial charge on any atom is -0.394 e. The second kappa shape index (κ2) is 3.24. The number of hydrogen-bond acceptors (Lipinski definition) is 4. The van der Waals surface area contributed by atoms with Crippen LogP contribution < -0.4 is 5.73 Å². The monoisotopic (exact) mass is 139 g/mol. The SMILES string of the molecule is N[C@H](CO)c1cnccn1. The van der Waals surface area contributed by atoms with Gasteiger partial charge in [-0.2, -0.15) is 0 Å². The van der Waals surface area contributed by atoms with Crippen molar-refractivity contribution in [2.24, 2.45) is 5.73 Å². The molecule has 0 bridgehead atoms. The average molecular weight is 139 g/mol. The summed E-state index contributed by atoms with van der Waals surface area (Å²) in [6.45, 7) is -0.0985. The standard InChI is InChI=1S/C6H9N3O/c7-5(4-10)6-3-8-1-2-9-6/h1-3,5,10H,4,7H2/t5-/m1/s1. The van der Waals surface area contributed by atoms with Crippen molar-refractivity contribution in [1.29, 1.82) is 0 Å². The van der Waals surface area contributed by atoms with Crippen molar-refractivity contribution < 1.29 is 5.11 Å². The molecule has 0 unspecified atom stereocenters. The summed E-state index contributed by atoms with van der Waals surface area (Å²) >= 11 is 0. The lowest BCUT2D eigenvalue weighted by molar-refractivity contribution is 0.265. The fourth-order valence-electron chi connectivity index (χ4n) is 0.596. The first-order valence-corrected chi connectivity index (χ1v) is 2.97. The molecule has 4 nitrogen and oxygen atoms in total. The lowest BCUT2D eigenvalue weighted by Crippen LogP contribution is -2.15. The van der Waals surface area contributed by atoms with Crippen LogP contribution in [0, 0.1) is 0 Å². The molecule has 1 aromatic rings. The van der Waals surface area contributed by atoms with Gasteiger partial charge in [0.15, 0.2) is 0 Å². The molecule has 1 atom stereocenters. The second-order valence-corrected chi connectivity index (χ2v) is 1.92. The van der Waals surface area contributed by atoms with Gasteiger partial charge in [0, 0.05) is 12.4 Å². The van der Waals surface area contributed by atoms with Crippen LogP contribution in [0.1, 0.15) is 11.7 Å². The Bertz CT molecular complexity index is 189. The molecular formula is C6H9N3O. The highest BCUT2D eigenvalue weighted by Gasteiger charge is 2.03. The van der Waals surface area contributed by atoms with Gasteiger partial charge in [-0.15, -0.1) is 0 Å². The minimum absolute atomic E-state index is 0.0985. The minimum atomic E-state index is -0.409. The maximum absolute atomic E-state index is 8.60. The number of rotatable bonds is 2. The molecule has 0 aliphatic heterocycles. The molecule has 54 valence electrons. The van der Waals surface area contributed by atoms with Gasteiger partial charge in [0.25, 0.3) is 0 Å². The molecule has 0 amide bonds. The zero-order valence-corrected chi connectivity index (χ0v) is 5.44. The summed E-state index contributed by atoms with van der Waals surface area (Å²) in [5.41, 5.74) is 6.06. The molecule has 10 heavy (non-hydrogen) atoms. The predicted molar refractivity (Wildman–Crippen MR) is 36.0 cm³/mol. The van der Waals surface area contributed by atoms with Gasteiger partial charge in [-0.25, -0.2) is 0 Å². The van der Waals surface area contributed by atoms with Crippen LogP contribution in [0.15, 0.2) is 18.6 Å². The Morgan fingerprint density at radius 3 is 2.90 bits per heavy atom. The molecular weight excluding hydrogens is 130 g/mol. The van der Waals surface area contributed by atoms with E-state index in [4.69, 9.17) is 10.8 Å². The lowest BCUT2D eigenvalue weighted by Gasteiger charge is -2.04. The van der Waals surface area contributed by atoms with Crippen molar-refractivity contribution in [3.05, 3.63) is 24.3 Å². The van der Waals surface area contributed by atoms with Crippen LogP contribution in [-0.2, 0) is 0 Å². The Morgan fingerprint density at radius 1 is 1.60 bits per heavy atom. The third-order valence-corrected chi connectivity index (χ3v) is 1.16. The fraction of sp³-hybridized carbons (Fsp3) is 0.333. The highest BCUT2D eigenvalue weighted by atomic mass is 16.3. The van der Waals surface area contributed by atoms with Crippen molar-refractivity contribution in [2.45, 2.75) is 6.04 Å². The third kappa shape index (κ3) is 1.49. The summed E-state index contributed by atoms with van der Waals surface area (Å²) in [5.74, 6) is 0. The topological polar surface area (TPSA) is 72.0 Å². The van der Waals surface area contributed by atoms with E-state index in [1.165, 1.54) is 0 Å². The van der Waals surface area contributed by atoms with Gasteiger partial charge in [-0.1, -0.05) is 0 Å². The Balaban J connectivity index is 2.75. The van der Waals surface area contributed by atoms with Gasteiger partial charge in [0.05, 0.1) is 24.5 Å². The van der Waals surface area contributed by atoms with Gasteiger partial charge in [0.2, 0.25) is 0 Å². The Hall–Kier alpha value is -1.00. The molecule has 3 N–H and O–H groups in total. The molecule has 0 saturated heterocycles. The number of hydrogen-bond donors (Lipinski definition) is 2. The molecule has 1 heterocycles. The molecule has 0 aromatic carbocycles. The van der Waals surface area contributed by atoms with Gasteiger partial charge in [-0.05, 0) is 0 Å². The van der Waals surface area contributed by atoms with E-state index in [9.17, 15) is 0 Å². The third-order valence-electron chi connectivity index (χ3n) is 1.16. The summed E-state index contributed by atoms with van der Waals surface area (Å²) in [5, 5.41) is 8.60. The van der Waals surface area contributed by atoms with Crippen molar-refractivity contribution >= 4 is 0 Å². The normalized spacial score (nSPS) is 13.0. The molecule has 0 fully saturated rings. The van der Waals surface area contributed by atoms with Crippen molar-refractivity contribution in [3.8, 4) is 0 Å². The van der Waals surface area contributed by atoms with Crippen LogP contribution in [0.4, 0.5) is 0 Å². The summed E-state index contributed by atoms with van der Waals surface area (Å²) in [6.07, 6.45) is 4.65. The van der Waals surface area contributed by atoms with E-state index in [1.807, 2.05) is 0 Å². The van der Waals surface area contributed by atoms with Crippen LogP contribution in [0.5, 0.6) is 0 Å². The van der Waals surface area contributed by atoms with Crippen molar-refractivity contribution in [1.82, 2.24) is 9.97 Å². The number of nitrogens with zero attached hydrogens (tertiary/aromatic N) is 2. The fourth-order valence-corrected chi connectivity index (χ4v) is 0.596. The van der Waals surface area contributed by atoms with E-state index >= 15 is 0 Å². The van der Waals surface area contributed by atoms with E-state index in [1.54, 1.807) is 18.6 Å².